The number of amides is 2. The van der Waals surface area contributed by atoms with Crippen LogP contribution in [0.2, 0.25) is 0 Å². The van der Waals surface area contributed by atoms with E-state index in [-0.39, 0.29) is 6.03 Å². The lowest BCUT2D eigenvalue weighted by Crippen LogP contribution is -2.37. The van der Waals surface area contributed by atoms with Crippen LogP contribution in [0.1, 0.15) is 23.7 Å². The highest BCUT2D eigenvalue weighted by molar-refractivity contribution is 5.73. The summed E-state index contributed by atoms with van der Waals surface area (Å²) in [6.07, 6.45) is 3.56. The predicted octanol–water partition coefficient (Wildman–Crippen LogP) is 2.25. The fraction of sp³-hybridized carbons (Fsp3) is 0.353. The third kappa shape index (κ3) is 5.67. The molecule has 0 aliphatic carbocycles. The van der Waals surface area contributed by atoms with Crippen molar-refractivity contribution in [2.24, 2.45) is 0 Å². The minimum Gasteiger partial charge on any atom is -0.497 e. The molecule has 0 aliphatic heterocycles. The second kappa shape index (κ2) is 8.85. The first-order valence-corrected chi connectivity index (χ1v) is 7.54. The van der Waals surface area contributed by atoms with E-state index in [1.165, 1.54) is 12.5 Å². The van der Waals surface area contributed by atoms with Crippen molar-refractivity contribution in [1.82, 2.24) is 10.6 Å². The number of methoxy groups -OCH3 is 1. The molecule has 3 N–H and O–H groups in total. The number of urea groups is 1. The molecule has 0 spiro atoms. The van der Waals surface area contributed by atoms with Crippen LogP contribution in [0.25, 0.3) is 0 Å². The first kappa shape index (κ1) is 16.9. The van der Waals surface area contributed by atoms with Gasteiger partial charge < -0.3 is 24.9 Å². The number of aliphatic hydroxyl groups is 1. The molecule has 1 aromatic carbocycles. The normalized spacial score (nSPS) is 11.7. The smallest absolute Gasteiger partial charge is 0.314 e. The van der Waals surface area contributed by atoms with Crippen LogP contribution < -0.4 is 15.4 Å². The molecule has 0 saturated heterocycles. The van der Waals surface area contributed by atoms with Crippen molar-refractivity contribution in [2.45, 2.75) is 18.9 Å². The number of ether oxygens (including phenoxy) is 1. The van der Waals surface area contributed by atoms with Gasteiger partial charge in [0.15, 0.2) is 0 Å². The molecule has 0 saturated carbocycles. The van der Waals surface area contributed by atoms with Gasteiger partial charge in [-0.1, -0.05) is 12.1 Å². The van der Waals surface area contributed by atoms with Crippen molar-refractivity contribution in [3.63, 3.8) is 0 Å². The van der Waals surface area contributed by atoms with Crippen LogP contribution in [0.4, 0.5) is 4.79 Å². The minimum atomic E-state index is -0.631. The lowest BCUT2D eigenvalue weighted by molar-refractivity contribution is 0.166. The van der Waals surface area contributed by atoms with Gasteiger partial charge in [-0.25, -0.2) is 4.79 Å². The predicted molar refractivity (Wildman–Crippen MR) is 86.4 cm³/mol. The van der Waals surface area contributed by atoms with Crippen LogP contribution in [-0.4, -0.2) is 31.3 Å². The molecule has 2 aromatic rings. The standard InChI is InChI=1S/C17H22N2O4/c1-22-15-4-2-13(3-5-15)6-9-18-17(21)19-10-7-16(20)14-8-11-23-12-14/h2-5,8,11-12,16,20H,6-7,9-10H2,1H3,(H2,18,19,21)/t16-/m1/s1. The highest BCUT2D eigenvalue weighted by Crippen LogP contribution is 2.15. The highest BCUT2D eigenvalue weighted by Gasteiger charge is 2.09. The Labute approximate surface area is 135 Å². The number of carbonyl (C=O) groups excluding carboxylic acids is 1. The van der Waals surface area contributed by atoms with Gasteiger partial charge in [-0.2, -0.15) is 0 Å². The number of hydrogen-bond acceptors (Lipinski definition) is 4. The summed E-state index contributed by atoms with van der Waals surface area (Å²) >= 11 is 0. The van der Waals surface area contributed by atoms with Crippen molar-refractivity contribution in [2.75, 3.05) is 20.2 Å². The second-order valence-corrected chi connectivity index (χ2v) is 5.14. The van der Waals surface area contributed by atoms with Gasteiger partial charge >= 0.3 is 6.03 Å². The van der Waals surface area contributed by atoms with E-state index in [1.54, 1.807) is 13.2 Å². The molecule has 6 heteroatoms. The van der Waals surface area contributed by atoms with E-state index in [0.29, 0.717) is 25.1 Å². The van der Waals surface area contributed by atoms with E-state index in [4.69, 9.17) is 9.15 Å². The quantitative estimate of drug-likeness (QED) is 0.697. The molecule has 0 radical (unpaired) electrons. The maximum Gasteiger partial charge on any atom is 0.314 e. The van der Waals surface area contributed by atoms with Gasteiger partial charge in [0.05, 0.1) is 25.7 Å². The van der Waals surface area contributed by atoms with Crippen molar-refractivity contribution in [3.05, 3.63) is 54.0 Å². The molecule has 1 aromatic heterocycles. The van der Waals surface area contributed by atoms with Crippen LogP contribution in [0.5, 0.6) is 5.75 Å². The monoisotopic (exact) mass is 318 g/mol. The van der Waals surface area contributed by atoms with E-state index in [2.05, 4.69) is 10.6 Å². The molecule has 0 bridgehead atoms. The summed E-state index contributed by atoms with van der Waals surface area (Å²) in [6, 6.07) is 9.20. The Morgan fingerprint density at radius 3 is 2.61 bits per heavy atom. The Hall–Kier alpha value is -2.47. The van der Waals surface area contributed by atoms with Crippen molar-refractivity contribution < 1.29 is 19.1 Å². The van der Waals surface area contributed by atoms with E-state index < -0.39 is 6.10 Å². The molecule has 1 atom stereocenters. The summed E-state index contributed by atoms with van der Waals surface area (Å²) in [6.45, 7) is 0.934. The first-order chi connectivity index (χ1) is 11.2. The van der Waals surface area contributed by atoms with Crippen LogP contribution >= 0.6 is 0 Å². The largest absolute Gasteiger partial charge is 0.497 e. The Morgan fingerprint density at radius 2 is 1.96 bits per heavy atom. The number of benzene rings is 1. The number of furan rings is 1. The molecule has 0 aliphatic rings. The molecule has 1 heterocycles. The maximum atomic E-state index is 11.7. The molecule has 0 fully saturated rings. The fourth-order valence-corrected chi connectivity index (χ4v) is 2.13. The van der Waals surface area contributed by atoms with Crippen LogP contribution in [0.15, 0.2) is 47.3 Å². The zero-order chi connectivity index (χ0) is 16.5. The molecule has 0 unspecified atom stereocenters. The van der Waals surface area contributed by atoms with E-state index in [9.17, 15) is 9.90 Å². The third-order valence-electron chi connectivity index (χ3n) is 3.49. The number of hydrogen-bond donors (Lipinski definition) is 3. The van der Waals surface area contributed by atoms with Gasteiger partial charge in [-0.15, -0.1) is 0 Å². The zero-order valence-electron chi connectivity index (χ0n) is 13.1. The summed E-state index contributed by atoms with van der Waals surface area (Å²) in [5.74, 6) is 0.815. The summed E-state index contributed by atoms with van der Waals surface area (Å²) < 4.78 is 10.0. The Kier molecular flexibility index (Phi) is 6.50. The topological polar surface area (TPSA) is 83.7 Å². The molecular weight excluding hydrogens is 296 g/mol. The van der Waals surface area contributed by atoms with Gasteiger partial charge in [0.2, 0.25) is 0 Å². The van der Waals surface area contributed by atoms with Crippen LogP contribution in [0, 0.1) is 0 Å². The van der Waals surface area contributed by atoms with E-state index in [1.807, 2.05) is 24.3 Å². The van der Waals surface area contributed by atoms with Crippen molar-refractivity contribution >= 4 is 6.03 Å². The molecule has 23 heavy (non-hydrogen) atoms. The second-order valence-electron chi connectivity index (χ2n) is 5.14. The lowest BCUT2D eigenvalue weighted by Gasteiger charge is -2.10. The van der Waals surface area contributed by atoms with Crippen LogP contribution in [0.3, 0.4) is 0 Å². The Bertz CT molecular complexity index is 581. The first-order valence-electron chi connectivity index (χ1n) is 7.54. The summed E-state index contributed by atoms with van der Waals surface area (Å²) in [5.41, 5.74) is 1.84. The molecule has 2 amide bonds. The Balaban J connectivity index is 1.59. The molecule has 2 rings (SSSR count). The lowest BCUT2D eigenvalue weighted by atomic mass is 10.1. The average Bonchev–Trinajstić information content (AvgIpc) is 3.10. The summed E-state index contributed by atoms with van der Waals surface area (Å²) in [4.78, 5) is 11.7. The van der Waals surface area contributed by atoms with Crippen molar-refractivity contribution in [3.8, 4) is 5.75 Å². The summed E-state index contributed by atoms with van der Waals surface area (Å²) in [7, 11) is 1.63. The molecular formula is C17H22N2O4. The fourth-order valence-electron chi connectivity index (χ4n) is 2.13. The Morgan fingerprint density at radius 1 is 1.22 bits per heavy atom. The summed E-state index contributed by atoms with van der Waals surface area (Å²) in [5, 5.41) is 15.4. The van der Waals surface area contributed by atoms with Gasteiger partial charge in [0.25, 0.3) is 0 Å². The van der Waals surface area contributed by atoms with E-state index in [0.717, 1.165) is 17.7 Å². The van der Waals surface area contributed by atoms with Crippen molar-refractivity contribution in [1.29, 1.82) is 0 Å². The highest BCUT2D eigenvalue weighted by atomic mass is 16.5. The van der Waals surface area contributed by atoms with Gasteiger partial charge in [0.1, 0.15) is 5.75 Å². The SMILES string of the molecule is COc1ccc(CCNC(=O)NCC[C@@H](O)c2ccoc2)cc1. The number of rotatable bonds is 8. The minimum absolute atomic E-state index is 0.238. The van der Waals surface area contributed by atoms with Gasteiger partial charge in [-0.3, -0.25) is 0 Å². The number of nitrogens with one attached hydrogen (secondary N) is 2. The van der Waals surface area contributed by atoms with Gasteiger partial charge in [0, 0.05) is 18.7 Å². The van der Waals surface area contributed by atoms with E-state index >= 15 is 0 Å². The number of aliphatic hydroxyl groups excluding tert-OH is 1. The number of carbonyl (C=O) groups is 1. The third-order valence-corrected chi connectivity index (χ3v) is 3.49. The van der Waals surface area contributed by atoms with Gasteiger partial charge in [-0.05, 0) is 36.6 Å². The molecule has 124 valence electrons. The average molecular weight is 318 g/mol. The zero-order valence-corrected chi connectivity index (χ0v) is 13.1. The maximum absolute atomic E-state index is 11.7. The van der Waals surface area contributed by atoms with Crippen LogP contribution in [-0.2, 0) is 6.42 Å². The molecule has 6 nitrogen and oxygen atoms in total.